The standard InChI is InChI=1S/C22H28N4O2S/c1-14-23-18(13-29-14)10-24-6-15-4-17(8-24)21-3-2-16(22(27)26(21)7-15)9-25-11-20-5-19(25)12-28-20/h2-3,13,15,17,19-20H,4-12H2,1H3/t15-,17+,19+,20+/m0/s1. The summed E-state index contributed by atoms with van der Waals surface area (Å²) in [4.78, 5) is 22.9. The highest BCUT2D eigenvalue weighted by Gasteiger charge is 2.39. The molecule has 0 aliphatic carbocycles. The Kier molecular flexibility index (Phi) is 4.41. The van der Waals surface area contributed by atoms with Gasteiger partial charge in [-0.1, -0.05) is 6.07 Å². The maximum Gasteiger partial charge on any atom is 0.255 e. The third kappa shape index (κ3) is 3.28. The second kappa shape index (κ2) is 7.01. The maximum atomic E-state index is 13.3. The van der Waals surface area contributed by atoms with Crippen molar-refractivity contribution in [1.29, 1.82) is 0 Å². The molecule has 4 bridgehead atoms. The van der Waals surface area contributed by atoms with Gasteiger partial charge in [-0.15, -0.1) is 11.3 Å². The molecule has 7 heteroatoms. The number of nitrogens with zero attached hydrogens (tertiary/aromatic N) is 4. The van der Waals surface area contributed by atoms with Crippen LogP contribution in [0, 0.1) is 12.8 Å². The molecule has 154 valence electrons. The van der Waals surface area contributed by atoms with E-state index in [1.807, 2.05) is 0 Å². The van der Waals surface area contributed by atoms with E-state index in [1.165, 1.54) is 17.8 Å². The molecule has 0 N–H and O–H groups in total. The van der Waals surface area contributed by atoms with Crippen molar-refractivity contribution in [3.05, 3.63) is 49.8 Å². The summed E-state index contributed by atoms with van der Waals surface area (Å²) in [6.07, 6.45) is 2.72. The van der Waals surface area contributed by atoms with E-state index < -0.39 is 0 Å². The van der Waals surface area contributed by atoms with Crippen molar-refractivity contribution in [3.63, 3.8) is 0 Å². The molecule has 4 aliphatic heterocycles. The second-order valence-electron chi connectivity index (χ2n) is 9.32. The fourth-order valence-electron chi connectivity index (χ4n) is 5.94. The molecule has 0 spiro atoms. The Balaban J connectivity index is 1.21. The Bertz CT molecular complexity index is 985. The van der Waals surface area contributed by atoms with E-state index in [0.29, 0.717) is 24.0 Å². The van der Waals surface area contributed by atoms with Crippen LogP contribution in [0.15, 0.2) is 22.3 Å². The highest BCUT2D eigenvalue weighted by Crippen LogP contribution is 2.36. The molecule has 3 fully saturated rings. The van der Waals surface area contributed by atoms with Crippen LogP contribution >= 0.6 is 11.3 Å². The number of aryl methyl sites for hydroxylation is 1. The number of hydrogen-bond donors (Lipinski definition) is 0. The van der Waals surface area contributed by atoms with Crippen molar-refractivity contribution < 1.29 is 4.74 Å². The van der Waals surface area contributed by atoms with Gasteiger partial charge >= 0.3 is 0 Å². The van der Waals surface area contributed by atoms with Crippen molar-refractivity contribution in [2.45, 2.75) is 57.5 Å². The number of likely N-dealkylation sites (tertiary alicyclic amines) is 2. The molecule has 0 radical (unpaired) electrons. The van der Waals surface area contributed by atoms with E-state index in [-0.39, 0.29) is 5.56 Å². The fourth-order valence-corrected chi connectivity index (χ4v) is 6.54. The smallest absolute Gasteiger partial charge is 0.255 e. The Labute approximate surface area is 175 Å². The number of piperidine rings is 1. The predicted molar refractivity (Wildman–Crippen MR) is 112 cm³/mol. The number of thiazole rings is 1. The summed E-state index contributed by atoms with van der Waals surface area (Å²) < 4.78 is 7.81. The largest absolute Gasteiger partial charge is 0.375 e. The van der Waals surface area contributed by atoms with Crippen molar-refractivity contribution in [3.8, 4) is 0 Å². The Morgan fingerprint density at radius 3 is 2.86 bits per heavy atom. The highest BCUT2D eigenvalue weighted by molar-refractivity contribution is 7.09. The van der Waals surface area contributed by atoms with Crippen LogP contribution in [0.5, 0.6) is 0 Å². The number of ether oxygens (including phenoxy) is 1. The Morgan fingerprint density at radius 2 is 2.10 bits per heavy atom. The van der Waals surface area contributed by atoms with Gasteiger partial charge in [-0.25, -0.2) is 4.98 Å². The number of fused-ring (bicyclic) bond motifs is 6. The number of morpholine rings is 1. The molecular weight excluding hydrogens is 384 g/mol. The molecule has 4 atom stereocenters. The molecule has 0 amide bonds. The summed E-state index contributed by atoms with van der Waals surface area (Å²) in [5, 5.41) is 3.32. The summed E-state index contributed by atoms with van der Waals surface area (Å²) in [6, 6.07) is 4.84. The third-order valence-electron chi connectivity index (χ3n) is 7.20. The number of rotatable bonds is 4. The minimum absolute atomic E-state index is 0.240. The van der Waals surface area contributed by atoms with Crippen LogP contribution in [0.2, 0.25) is 0 Å². The normalized spacial score (nSPS) is 31.3. The van der Waals surface area contributed by atoms with E-state index in [0.717, 1.165) is 62.9 Å². The van der Waals surface area contributed by atoms with Gasteiger partial charge in [-0.05, 0) is 31.7 Å². The van der Waals surface area contributed by atoms with Crippen molar-refractivity contribution in [2.75, 3.05) is 26.2 Å². The summed E-state index contributed by atoms with van der Waals surface area (Å²) in [7, 11) is 0. The predicted octanol–water partition coefficient (Wildman–Crippen LogP) is 2.21. The van der Waals surface area contributed by atoms with Crippen LogP contribution in [-0.4, -0.2) is 57.7 Å². The summed E-state index contributed by atoms with van der Waals surface area (Å²) >= 11 is 1.73. The molecule has 29 heavy (non-hydrogen) atoms. The molecular formula is C22H28N4O2S. The summed E-state index contributed by atoms with van der Waals surface area (Å²) in [5.74, 6) is 1.02. The van der Waals surface area contributed by atoms with E-state index in [9.17, 15) is 4.79 Å². The van der Waals surface area contributed by atoms with Gasteiger partial charge in [-0.2, -0.15) is 0 Å². The third-order valence-corrected chi connectivity index (χ3v) is 8.02. The number of aromatic nitrogens is 2. The topological polar surface area (TPSA) is 50.6 Å². The van der Waals surface area contributed by atoms with Crippen LogP contribution in [0.25, 0.3) is 0 Å². The molecule has 6 rings (SSSR count). The van der Waals surface area contributed by atoms with E-state index in [1.54, 1.807) is 11.3 Å². The lowest BCUT2D eigenvalue weighted by Gasteiger charge is -2.42. The SMILES string of the molecule is Cc1nc(CN2C[C@@H]3C[C@H](C2)c2ccc(CN4C[C@H]5C[C@@H]4CO5)c(=O)n2C3)cs1. The zero-order chi connectivity index (χ0) is 19.5. The number of pyridine rings is 1. The lowest BCUT2D eigenvalue weighted by Crippen LogP contribution is -2.47. The van der Waals surface area contributed by atoms with Gasteiger partial charge in [0.25, 0.3) is 5.56 Å². The van der Waals surface area contributed by atoms with Crippen molar-refractivity contribution >= 4 is 11.3 Å². The fraction of sp³-hybridized carbons (Fsp3) is 0.636. The van der Waals surface area contributed by atoms with Gasteiger partial charge in [0, 0.05) is 67.9 Å². The van der Waals surface area contributed by atoms with Crippen molar-refractivity contribution in [1.82, 2.24) is 19.4 Å². The van der Waals surface area contributed by atoms with Crippen LogP contribution in [-0.2, 0) is 24.4 Å². The van der Waals surface area contributed by atoms with Crippen LogP contribution in [0.4, 0.5) is 0 Å². The molecule has 6 nitrogen and oxygen atoms in total. The maximum absolute atomic E-state index is 13.3. The van der Waals surface area contributed by atoms with Gasteiger partial charge in [0.05, 0.1) is 23.4 Å². The van der Waals surface area contributed by atoms with Gasteiger partial charge in [0.2, 0.25) is 0 Å². The van der Waals surface area contributed by atoms with Crippen molar-refractivity contribution in [2.24, 2.45) is 5.92 Å². The first kappa shape index (κ1) is 18.2. The van der Waals surface area contributed by atoms with Crippen LogP contribution in [0.3, 0.4) is 0 Å². The first-order chi connectivity index (χ1) is 14.1. The minimum atomic E-state index is 0.240. The van der Waals surface area contributed by atoms with Gasteiger partial charge in [-0.3, -0.25) is 14.6 Å². The summed E-state index contributed by atoms with van der Waals surface area (Å²) in [5.41, 5.74) is 3.62. The van der Waals surface area contributed by atoms with Gasteiger partial charge in [0.1, 0.15) is 0 Å². The Hall–Kier alpha value is -1.54. The highest BCUT2D eigenvalue weighted by atomic mass is 32.1. The summed E-state index contributed by atoms with van der Waals surface area (Å²) in [6.45, 7) is 8.53. The van der Waals surface area contributed by atoms with E-state index in [4.69, 9.17) is 4.74 Å². The zero-order valence-corrected chi connectivity index (χ0v) is 17.7. The van der Waals surface area contributed by atoms with Gasteiger partial charge < -0.3 is 9.30 Å². The molecule has 6 heterocycles. The monoisotopic (exact) mass is 412 g/mol. The minimum Gasteiger partial charge on any atom is -0.375 e. The van der Waals surface area contributed by atoms with E-state index >= 15 is 0 Å². The zero-order valence-electron chi connectivity index (χ0n) is 16.9. The van der Waals surface area contributed by atoms with E-state index in [2.05, 4.69) is 43.8 Å². The van der Waals surface area contributed by atoms with Crippen LogP contribution in [0.1, 0.15) is 40.7 Å². The number of hydrogen-bond acceptors (Lipinski definition) is 6. The molecule has 0 saturated carbocycles. The molecule has 2 aromatic heterocycles. The quantitative estimate of drug-likeness (QED) is 0.771. The van der Waals surface area contributed by atoms with Crippen LogP contribution < -0.4 is 5.56 Å². The average Bonchev–Trinajstić information content (AvgIpc) is 3.42. The average molecular weight is 413 g/mol. The molecule has 4 aliphatic rings. The second-order valence-corrected chi connectivity index (χ2v) is 10.4. The lowest BCUT2D eigenvalue weighted by molar-refractivity contribution is 0.0270. The molecule has 0 unspecified atom stereocenters. The first-order valence-electron chi connectivity index (χ1n) is 10.8. The Morgan fingerprint density at radius 1 is 1.17 bits per heavy atom. The van der Waals surface area contributed by atoms with Gasteiger partial charge in [0.15, 0.2) is 0 Å². The lowest BCUT2D eigenvalue weighted by atomic mass is 9.83. The molecule has 0 aromatic carbocycles. The molecule has 2 aromatic rings. The molecule has 3 saturated heterocycles. The first-order valence-corrected chi connectivity index (χ1v) is 11.7.